The molecule has 0 aliphatic heterocycles. The molecule has 4 aromatic rings. The van der Waals surface area contributed by atoms with Gasteiger partial charge in [-0.15, -0.1) is 0 Å². The molecule has 262 valence electrons. The van der Waals surface area contributed by atoms with E-state index in [1.165, 1.54) is 23.3 Å². The minimum atomic E-state index is -4.60. The van der Waals surface area contributed by atoms with Crippen LogP contribution in [0.2, 0.25) is 0 Å². The molecule has 0 atom stereocenters. The summed E-state index contributed by atoms with van der Waals surface area (Å²) in [6.45, 7) is 13.0. The van der Waals surface area contributed by atoms with Crippen molar-refractivity contribution >= 4 is 6.48 Å². The van der Waals surface area contributed by atoms with Crippen LogP contribution in [0.3, 0.4) is 0 Å². The van der Waals surface area contributed by atoms with Crippen LogP contribution in [0.25, 0.3) is 11.1 Å². The molecule has 0 fully saturated rings. The van der Waals surface area contributed by atoms with Crippen molar-refractivity contribution in [3.63, 3.8) is 0 Å². The minimum absolute atomic E-state index is 0. The van der Waals surface area contributed by atoms with Crippen molar-refractivity contribution in [3.8, 4) is 11.1 Å². The number of fused-ring (bicyclic) bond motifs is 3. The van der Waals surface area contributed by atoms with Gasteiger partial charge in [0, 0.05) is 0 Å². The van der Waals surface area contributed by atoms with Gasteiger partial charge in [0.2, 0.25) is 0 Å². The van der Waals surface area contributed by atoms with Crippen molar-refractivity contribution in [2.75, 3.05) is 0 Å². The zero-order valence-corrected chi connectivity index (χ0v) is 32.6. The Balaban J connectivity index is 0.00000281. The van der Waals surface area contributed by atoms with Crippen LogP contribution in [0.4, 0.5) is 26.3 Å². The van der Waals surface area contributed by atoms with Crippen molar-refractivity contribution in [1.29, 1.82) is 0 Å². The number of rotatable bonds is 4. The maximum Gasteiger partial charge on any atom is -1.00 e. The molecule has 0 bridgehead atoms. The van der Waals surface area contributed by atoms with E-state index in [1.54, 1.807) is 12.1 Å². The standard InChI is InChI=1S/C21H25.C15H8F6.C5H5.2ClH.Zr/c1-20(2,3)16-9-7-14-11-15-8-10-17(21(4,5)6)13-19(15)18(14)12-16;16-14(17,18)12-5-1-3-10(8-12)7-11-4-2-6-13(9-11)15(19,20)21;1-2-4-5-3-1;;;/h7,9-10,12-13H,11H2,1-6H3;1-6,8-9H;1-3H,4H2;2*1H;/q;;;;;+2/p-2. The van der Waals surface area contributed by atoms with Crippen LogP contribution in [0.1, 0.15) is 92.5 Å². The first kappa shape index (κ1) is 40.0. The first-order valence-electron chi connectivity index (χ1n) is 16.1. The molecule has 0 aromatic heterocycles. The molecule has 0 unspecified atom stereocenters. The number of halogens is 8. The molecule has 0 spiro atoms. The van der Waals surface area contributed by atoms with Gasteiger partial charge in [0.05, 0.1) is 0 Å². The Labute approximate surface area is 310 Å². The van der Waals surface area contributed by atoms with E-state index < -0.39 is 44.7 Å². The van der Waals surface area contributed by atoms with Crippen molar-refractivity contribution in [3.05, 3.63) is 145 Å². The van der Waals surface area contributed by atoms with E-state index in [0.717, 1.165) is 53.1 Å². The summed E-state index contributed by atoms with van der Waals surface area (Å²) >= 11 is -3.57. The fourth-order valence-corrected chi connectivity index (χ4v) is 14.6. The topological polar surface area (TPSA) is 0 Å². The second-order valence-corrected chi connectivity index (χ2v) is 20.8. The predicted octanol–water partition coefficient (Wildman–Crippen LogP) is 5.25. The zero-order chi connectivity index (χ0) is 34.8. The average molecular weight is 807 g/mol. The van der Waals surface area contributed by atoms with Gasteiger partial charge in [-0.1, -0.05) is 0 Å². The van der Waals surface area contributed by atoms with E-state index in [0.29, 0.717) is 27.2 Å². The largest absolute Gasteiger partial charge is 1.00 e. The summed E-state index contributed by atoms with van der Waals surface area (Å²) < 4.78 is 87.7. The smallest absolute Gasteiger partial charge is 1.00 e. The van der Waals surface area contributed by atoms with E-state index in [1.807, 2.05) is 18.2 Å². The van der Waals surface area contributed by atoms with Crippen LogP contribution in [-0.4, -0.2) is 3.21 Å². The van der Waals surface area contributed by atoms with Crippen molar-refractivity contribution in [2.24, 2.45) is 0 Å². The Morgan fingerprint density at radius 1 is 0.600 bits per heavy atom. The molecule has 6 rings (SSSR count). The molecule has 2 aliphatic rings. The van der Waals surface area contributed by atoms with Gasteiger partial charge in [-0.2, -0.15) is 0 Å². The second-order valence-electron chi connectivity index (χ2n) is 14.8. The number of alkyl halides is 6. The van der Waals surface area contributed by atoms with Crippen molar-refractivity contribution in [1.82, 2.24) is 0 Å². The van der Waals surface area contributed by atoms with Gasteiger partial charge >= 0.3 is 288 Å². The van der Waals surface area contributed by atoms with Crippen LogP contribution in [0.5, 0.6) is 0 Å². The van der Waals surface area contributed by atoms with Gasteiger partial charge in [-0.3, -0.25) is 0 Å². The van der Waals surface area contributed by atoms with Crippen LogP contribution in [0.15, 0.2) is 100 Å². The Hall–Kier alpha value is -2.73. The molecule has 0 heterocycles. The monoisotopic (exact) mass is 804 g/mol. The summed E-state index contributed by atoms with van der Waals surface area (Å²) in [5.74, 6) is 0. The maximum atomic E-state index is 14.1. The van der Waals surface area contributed by atoms with E-state index >= 15 is 0 Å². The summed E-state index contributed by atoms with van der Waals surface area (Å²) in [6, 6.07) is 21.4. The van der Waals surface area contributed by atoms with Gasteiger partial charge in [0.25, 0.3) is 0 Å². The first-order valence-corrected chi connectivity index (χ1v) is 19.8. The number of allylic oxidation sites excluding steroid dienone is 4. The Bertz CT molecular complexity index is 1960. The second kappa shape index (κ2) is 14.4. The molecule has 0 saturated heterocycles. The van der Waals surface area contributed by atoms with Crippen LogP contribution in [-0.2, 0) is 50.9 Å². The maximum absolute atomic E-state index is 14.1. The molecule has 50 heavy (non-hydrogen) atoms. The molecule has 9 heteroatoms. The van der Waals surface area contributed by atoms with E-state index in [2.05, 4.69) is 71.9 Å². The molecule has 0 saturated carbocycles. The van der Waals surface area contributed by atoms with Gasteiger partial charge in [-0.25, -0.2) is 0 Å². The van der Waals surface area contributed by atoms with Crippen molar-refractivity contribution in [2.45, 2.75) is 77.6 Å². The molecule has 0 N–H and O–H groups in total. The summed E-state index contributed by atoms with van der Waals surface area (Å²) in [6.07, 6.45) is -1.89. The minimum Gasteiger partial charge on any atom is -1.00 e. The molecular weight excluding hydrogens is 769 g/mol. The van der Waals surface area contributed by atoms with E-state index in [9.17, 15) is 26.3 Å². The Morgan fingerprint density at radius 2 is 1.14 bits per heavy atom. The molecule has 4 aromatic carbocycles. The summed E-state index contributed by atoms with van der Waals surface area (Å²) in [4.78, 5) is 0. The fourth-order valence-electron chi connectivity index (χ4n) is 6.66. The first-order chi connectivity index (χ1) is 22.3. The third-order valence-electron chi connectivity index (χ3n) is 9.32. The summed E-state index contributed by atoms with van der Waals surface area (Å²) in [5.41, 5.74) is 5.60. The zero-order valence-electron chi connectivity index (χ0n) is 28.7. The van der Waals surface area contributed by atoms with Crippen molar-refractivity contribution < 1.29 is 72.4 Å². The van der Waals surface area contributed by atoms with Crippen LogP contribution < -0.4 is 28.1 Å². The molecule has 2 aliphatic carbocycles. The quantitative estimate of drug-likeness (QED) is 0.218. The molecule has 0 nitrogen and oxygen atoms in total. The van der Waals surface area contributed by atoms with Crippen LogP contribution >= 0.6 is 0 Å². The molecular formula is C41H38Cl2F6Zr. The number of hydrogen-bond donors (Lipinski definition) is 0. The number of hydrogen-bond acceptors (Lipinski definition) is 0. The summed E-state index contributed by atoms with van der Waals surface area (Å²) in [7, 11) is 0. The molecule has 0 radical (unpaired) electrons. The Morgan fingerprint density at radius 3 is 1.62 bits per heavy atom. The third-order valence-corrected chi connectivity index (χ3v) is 16.9. The van der Waals surface area contributed by atoms with Gasteiger partial charge in [0.1, 0.15) is 0 Å². The van der Waals surface area contributed by atoms with E-state index in [4.69, 9.17) is 0 Å². The van der Waals surface area contributed by atoms with Gasteiger partial charge in [-0.05, 0) is 0 Å². The number of benzene rings is 4. The van der Waals surface area contributed by atoms with Gasteiger partial charge in [0.15, 0.2) is 0 Å². The normalized spacial score (nSPS) is 13.8. The fraction of sp³-hybridized carbons (Fsp3) is 0.293. The van der Waals surface area contributed by atoms with E-state index in [-0.39, 0.29) is 35.6 Å². The SMILES string of the molecule is CC(C)(C)c1ccc2c(c1)-c1cc(C(C)(C)C)c[c]([Zr+2]([C]3=CC=CC3)=[C](c3cccc(C(F)(F)F)c3)c3cccc(C(F)(F)F)c3)c1C2.[Cl-].[Cl-]. The van der Waals surface area contributed by atoms with Crippen LogP contribution in [0, 0.1) is 0 Å². The predicted molar refractivity (Wildman–Crippen MR) is 180 cm³/mol. The summed E-state index contributed by atoms with van der Waals surface area (Å²) in [5, 5.41) is 0. The third kappa shape index (κ3) is 8.01. The van der Waals surface area contributed by atoms with Gasteiger partial charge < -0.3 is 24.8 Å². The molecule has 0 amide bonds. The Kier molecular flexibility index (Phi) is 11.5. The average Bonchev–Trinajstić information content (AvgIpc) is 3.66.